The molecule has 0 spiro atoms. The summed E-state index contributed by atoms with van der Waals surface area (Å²) in [5.41, 5.74) is 0. The summed E-state index contributed by atoms with van der Waals surface area (Å²) in [6, 6.07) is 0. The Labute approximate surface area is 67.6 Å². The summed E-state index contributed by atoms with van der Waals surface area (Å²) in [6.07, 6.45) is 6.39. The largest absolute Gasteiger partial charge is 0.345 e. The van der Waals surface area contributed by atoms with Crippen LogP contribution in [0.1, 0.15) is 25.7 Å². The third kappa shape index (κ3) is 2.21. The lowest BCUT2D eigenvalue weighted by Crippen LogP contribution is -2.26. The van der Waals surface area contributed by atoms with Crippen LogP contribution in [0.3, 0.4) is 0 Å². The second kappa shape index (κ2) is 2.84. The number of hydrogen-bond donors (Lipinski definition) is 0. The molecule has 0 aliphatic heterocycles. The molecule has 0 aromatic heterocycles. The van der Waals surface area contributed by atoms with Crippen molar-refractivity contribution >= 4 is 6.41 Å². The molecule has 2 heteroatoms. The van der Waals surface area contributed by atoms with Crippen molar-refractivity contribution in [3.05, 3.63) is 0 Å². The van der Waals surface area contributed by atoms with Gasteiger partial charge in [0.25, 0.3) is 0 Å². The van der Waals surface area contributed by atoms with Gasteiger partial charge in [-0.3, -0.25) is 4.79 Å². The monoisotopic (exact) mass is 153 g/mol. The molecular formula is C9H15NO. The molecule has 0 atom stereocenters. The normalized spacial score (nSPS) is 23.3. The quantitative estimate of drug-likeness (QED) is 0.544. The highest BCUT2D eigenvalue weighted by atomic mass is 16.1. The lowest BCUT2D eigenvalue weighted by Gasteiger charge is -2.15. The predicted molar refractivity (Wildman–Crippen MR) is 43.1 cm³/mol. The van der Waals surface area contributed by atoms with Gasteiger partial charge >= 0.3 is 0 Å². The first-order chi connectivity index (χ1) is 5.38. The van der Waals surface area contributed by atoms with Crippen LogP contribution in [0.4, 0.5) is 0 Å². The van der Waals surface area contributed by atoms with E-state index in [0.29, 0.717) is 0 Å². The summed E-state index contributed by atoms with van der Waals surface area (Å²) in [4.78, 5) is 12.5. The van der Waals surface area contributed by atoms with Crippen molar-refractivity contribution in [1.82, 2.24) is 4.90 Å². The van der Waals surface area contributed by atoms with E-state index >= 15 is 0 Å². The third-order valence-corrected chi connectivity index (χ3v) is 2.53. The van der Waals surface area contributed by atoms with Crippen LogP contribution in [0, 0.1) is 11.8 Å². The van der Waals surface area contributed by atoms with Crippen molar-refractivity contribution in [2.24, 2.45) is 11.8 Å². The highest BCUT2D eigenvalue weighted by Gasteiger charge is 2.28. The van der Waals surface area contributed by atoms with E-state index in [1.165, 1.54) is 25.7 Å². The Balaban J connectivity index is 1.69. The molecule has 0 heterocycles. The molecule has 0 bridgehead atoms. The molecule has 0 aromatic rings. The Morgan fingerprint density at radius 3 is 1.82 bits per heavy atom. The minimum Gasteiger partial charge on any atom is -0.345 e. The average Bonchev–Trinajstić information content (AvgIpc) is 2.78. The molecule has 1 amide bonds. The van der Waals surface area contributed by atoms with Crippen LogP contribution in [-0.4, -0.2) is 24.4 Å². The van der Waals surface area contributed by atoms with Gasteiger partial charge in [0, 0.05) is 13.1 Å². The minimum atomic E-state index is 0.846. The molecule has 2 fully saturated rings. The standard InChI is InChI=1S/C9H15NO/c11-7-10(5-8-1-2-8)6-9-3-4-9/h7-9H,1-6H2. The van der Waals surface area contributed by atoms with Crippen molar-refractivity contribution in [1.29, 1.82) is 0 Å². The number of amides is 1. The molecule has 62 valence electrons. The summed E-state index contributed by atoms with van der Waals surface area (Å²) in [5, 5.41) is 0. The summed E-state index contributed by atoms with van der Waals surface area (Å²) in [5.74, 6) is 1.69. The SMILES string of the molecule is O=CN(CC1CC1)CC1CC1. The van der Waals surface area contributed by atoms with Crippen LogP contribution in [0.25, 0.3) is 0 Å². The van der Waals surface area contributed by atoms with E-state index in [0.717, 1.165) is 31.3 Å². The van der Waals surface area contributed by atoms with Crippen LogP contribution >= 0.6 is 0 Å². The van der Waals surface area contributed by atoms with Gasteiger partial charge in [-0.15, -0.1) is 0 Å². The van der Waals surface area contributed by atoms with Crippen LogP contribution in [0.15, 0.2) is 0 Å². The van der Waals surface area contributed by atoms with Crippen LogP contribution in [0.2, 0.25) is 0 Å². The number of rotatable bonds is 5. The zero-order valence-electron chi connectivity index (χ0n) is 6.83. The molecule has 2 saturated carbocycles. The number of hydrogen-bond acceptors (Lipinski definition) is 1. The molecule has 0 N–H and O–H groups in total. The predicted octanol–water partition coefficient (Wildman–Crippen LogP) is 1.26. The fourth-order valence-electron chi connectivity index (χ4n) is 1.42. The summed E-state index contributed by atoms with van der Waals surface area (Å²) >= 11 is 0. The van der Waals surface area contributed by atoms with Crippen molar-refractivity contribution in [3.63, 3.8) is 0 Å². The van der Waals surface area contributed by atoms with Crippen LogP contribution in [-0.2, 0) is 4.79 Å². The zero-order chi connectivity index (χ0) is 7.68. The van der Waals surface area contributed by atoms with Gasteiger partial charge in [0.1, 0.15) is 0 Å². The maximum absolute atomic E-state index is 10.6. The van der Waals surface area contributed by atoms with Crippen LogP contribution in [0.5, 0.6) is 0 Å². The van der Waals surface area contributed by atoms with Gasteiger partial charge in [-0.05, 0) is 37.5 Å². The Kier molecular flexibility index (Phi) is 1.84. The fourth-order valence-corrected chi connectivity index (χ4v) is 1.42. The van der Waals surface area contributed by atoms with Gasteiger partial charge in [-0.1, -0.05) is 0 Å². The highest BCUT2D eigenvalue weighted by Crippen LogP contribution is 2.33. The van der Waals surface area contributed by atoms with Gasteiger partial charge in [0.15, 0.2) is 0 Å². The summed E-state index contributed by atoms with van der Waals surface area (Å²) in [6.45, 7) is 2.06. The Bertz CT molecular complexity index is 136. The van der Waals surface area contributed by atoms with Gasteiger partial charge in [-0.2, -0.15) is 0 Å². The molecule has 2 aliphatic rings. The second-order valence-corrected chi connectivity index (χ2v) is 3.95. The molecule has 2 nitrogen and oxygen atoms in total. The minimum absolute atomic E-state index is 0.846. The molecule has 11 heavy (non-hydrogen) atoms. The van der Waals surface area contributed by atoms with E-state index in [4.69, 9.17) is 0 Å². The first-order valence-corrected chi connectivity index (χ1v) is 4.58. The second-order valence-electron chi connectivity index (χ2n) is 3.95. The Morgan fingerprint density at radius 1 is 1.09 bits per heavy atom. The molecule has 0 aromatic carbocycles. The smallest absolute Gasteiger partial charge is 0.209 e. The van der Waals surface area contributed by atoms with E-state index in [9.17, 15) is 4.79 Å². The Morgan fingerprint density at radius 2 is 1.55 bits per heavy atom. The molecule has 2 rings (SSSR count). The summed E-state index contributed by atoms with van der Waals surface area (Å²) in [7, 11) is 0. The fraction of sp³-hybridized carbons (Fsp3) is 0.889. The van der Waals surface area contributed by atoms with Crippen molar-refractivity contribution in [2.45, 2.75) is 25.7 Å². The van der Waals surface area contributed by atoms with Gasteiger partial charge in [0.05, 0.1) is 0 Å². The highest BCUT2D eigenvalue weighted by molar-refractivity contribution is 5.47. The molecule has 2 aliphatic carbocycles. The number of carbonyl (C=O) groups excluding carboxylic acids is 1. The molecule has 0 saturated heterocycles. The van der Waals surface area contributed by atoms with Crippen molar-refractivity contribution in [2.75, 3.05) is 13.1 Å². The molecular weight excluding hydrogens is 138 g/mol. The van der Waals surface area contributed by atoms with Gasteiger partial charge in [-0.25, -0.2) is 0 Å². The van der Waals surface area contributed by atoms with Gasteiger partial charge in [0.2, 0.25) is 6.41 Å². The first-order valence-electron chi connectivity index (χ1n) is 4.58. The van der Waals surface area contributed by atoms with Gasteiger partial charge < -0.3 is 4.90 Å². The van der Waals surface area contributed by atoms with E-state index < -0.39 is 0 Å². The van der Waals surface area contributed by atoms with Crippen LogP contribution < -0.4 is 0 Å². The van der Waals surface area contributed by atoms with E-state index in [1.807, 2.05) is 4.90 Å². The lowest BCUT2D eigenvalue weighted by molar-refractivity contribution is -0.118. The lowest BCUT2D eigenvalue weighted by atomic mass is 10.3. The molecule has 0 unspecified atom stereocenters. The topological polar surface area (TPSA) is 20.3 Å². The van der Waals surface area contributed by atoms with Crippen molar-refractivity contribution in [3.8, 4) is 0 Å². The van der Waals surface area contributed by atoms with E-state index in [-0.39, 0.29) is 0 Å². The zero-order valence-corrected chi connectivity index (χ0v) is 6.83. The summed E-state index contributed by atoms with van der Waals surface area (Å²) < 4.78 is 0. The Hall–Kier alpha value is -0.530. The third-order valence-electron chi connectivity index (χ3n) is 2.53. The maximum atomic E-state index is 10.6. The first kappa shape index (κ1) is 7.14. The maximum Gasteiger partial charge on any atom is 0.209 e. The van der Waals surface area contributed by atoms with E-state index in [2.05, 4.69) is 0 Å². The number of nitrogens with zero attached hydrogens (tertiary/aromatic N) is 1. The number of carbonyl (C=O) groups is 1. The molecule has 0 radical (unpaired) electrons. The average molecular weight is 153 g/mol. The van der Waals surface area contributed by atoms with Crippen molar-refractivity contribution < 1.29 is 4.79 Å². The van der Waals surface area contributed by atoms with E-state index in [1.54, 1.807) is 0 Å².